The van der Waals surface area contributed by atoms with Crippen molar-refractivity contribution in [3.63, 3.8) is 0 Å². The molecule has 0 saturated carbocycles. The average molecular weight is 216 g/mol. The van der Waals surface area contributed by atoms with Crippen molar-refractivity contribution in [3.05, 3.63) is 30.0 Å². The second kappa shape index (κ2) is 4.28. The van der Waals surface area contributed by atoms with Crippen LogP contribution >= 0.6 is 0 Å². The number of aryl methyl sites for hydroxylation is 1. The number of nitrogens with zero attached hydrogens (tertiary/aromatic N) is 1. The van der Waals surface area contributed by atoms with E-state index in [1.165, 1.54) is 23.9 Å². The molecule has 0 spiro atoms. The predicted octanol–water partition coefficient (Wildman–Crippen LogP) is 3.93. The van der Waals surface area contributed by atoms with Gasteiger partial charge >= 0.3 is 0 Å². The molecule has 0 atom stereocenters. The molecule has 1 heterocycles. The summed E-state index contributed by atoms with van der Waals surface area (Å²) in [5, 5.41) is 8.73. The summed E-state index contributed by atoms with van der Waals surface area (Å²) in [5.74, 6) is 0. The van der Waals surface area contributed by atoms with E-state index in [4.69, 9.17) is 0 Å². The van der Waals surface area contributed by atoms with Crippen LogP contribution in [0.25, 0.3) is 10.9 Å². The van der Waals surface area contributed by atoms with Gasteiger partial charge < -0.3 is 0 Å². The molecule has 16 heavy (non-hydrogen) atoms. The van der Waals surface area contributed by atoms with E-state index in [2.05, 4.69) is 49.2 Å². The van der Waals surface area contributed by atoms with E-state index in [0.717, 1.165) is 11.9 Å². The number of benzene rings is 1. The van der Waals surface area contributed by atoms with Gasteiger partial charge in [0.25, 0.3) is 0 Å². The van der Waals surface area contributed by atoms with Gasteiger partial charge in [-0.25, -0.2) is 0 Å². The van der Waals surface area contributed by atoms with Crippen molar-refractivity contribution in [1.29, 1.82) is 0 Å². The number of aromatic nitrogens is 2. The van der Waals surface area contributed by atoms with Crippen molar-refractivity contribution in [1.82, 2.24) is 10.2 Å². The Hall–Kier alpha value is -1.31. The molecular formula is C14H20N2. The lowest BCUT2D eigenvalue weighted by molar-refractivity contribution is 0.365. The molecule has 2 rings (SSSR count). The highest BCUT2D eigenvalue weighted by atomic mass is 15.1. The van der Waals surface area contributed by atoms with E-state index in [1.807, 2.05) is 6.07 Å². The van der Waals surface area contributed by atoms with Gasteiger partial charge in [0.1, 0.15) is 0 Å². The lowest BCUT2D eigenvalue weighted by atomic mass is 9.89. The molecule has 86 valence electrons. The van der Waals surface area contributed by atoms with Crippen LogP contribution in [0.1, 0.15) is 39.3 Å². The van der Waals surface area contributed by atoms with Crippen LogP contribution in [-0.4, -0.2) is 10.2 Å². The monoisotopic (exact) mass is 216 g/mol. The molecule has 2 nitrogen and oxygen atoms in total. The molecule has 0 bridgehead atoms. The fourth-order valence-corrected chi connectivity index (χ4v) is 2.00. The summed E-state index contributed by atoms with van der Waals surface area (Å²) in [5.41, 5.74) is 2.78. The Bertz CT molecular complexity index is 463. The maximum Gasteiger partial charge on any atom is 0.0923 e. The molecule has 0 aliphatic heterocycles. The van der Waals surface area contributed by atoms with E-state index in [-0.39, 0.29) is 0 Å². The minimum absolute atomic E-state index is 0.426. The molecule has 0 amide bonds. The molecule has 0 fully saturated rings. The Morgan fingerprint density at radius 2 is 1.94 bits per heavy atom. The van der Waals surface area contributed by atoms with Gasteiger partial charge in [0.05, 0.1) is 5.52 Å². The molecule has 0 aliphatic rings. The number of hydrogen-bond donors (Lipinski definition) is 1. The average Bonchev–Trinajstić information content (AvgIpc) is 2.60. The summed E-state index contributed by atoms with van der Waals surface area (Å²) in [6.45, 7) is 6.87. The molecular weight excluding hydrogens is 196 g/mol. The molecule has 0 aliphatic carbocycles. The van der Waals surface area contributed by atoms with Crippen molar-refractivity contribution in [2.75, 3.05) is 0 Å². The molecule has 2 aromatic rings. The summed E-state index contributed by atoms with van der Waals surface area (Å²) in [7, 11) is 0. The Morgan fingerprint density at radius 1 is 1.19 bits per heavy atom. The third-order valence-electron chi connectivity index (χ3n) is 2.89. The second-order valence-electron chi connectivity index (χ2n) is 5.63. The van der Waals surface area contributed by atoms with Gasteiger partial charge in [-0.15, -0.1) is 0 Å². The second-order valence-corrected chi connectivity index (χ2v) is 5.63. The highest BCUT2D eigenvalue weighted by Crippen LogP contribution is 2.23. The number of H-pyrrole nitrogens is 1. The molecule has 1 N–H and O–H groups in total. The van der Waals surface area contributed by atoms with Gasteiger partial charge in [0, 0.05) is 11.1 Å². The van der Waals surface area contributed by atoms with Crippen molar-refractivity contribution >= 4 is 10.9 Å². The molecule has 0 radical (unpaired) electrons. The van der Waals surface area contributed by atoms with Crippen LogP contribution in [-0.2, 0) is 6.42 Å². The summed E-state index contributed by atoms with van der Waals surface area (Å²) in [4.78, 5) is 0. The van der Waals surface area contributed by atoms with Crippen LogP contribution in [0.4, 0.5) is 0 Å². The first-order chi connectivity index (χ1) is 7.56. The predicted molar refractivity (Wildman–Crippen MR) is 68.5 cm³/mol. The largest absolute Gasteiger partial charge is 0.281 e. The number of rotatable bonds is 3. The normalized spacial score (nSPS) is 12.2. The van der Waals surface area contributed by atoms with Gasteiger partial charge in [0.15, 0.2) is 0 Å². The van der Waals surface area contributed by atoms with Crippen LogP contribution in [0.3, 0.4) is 0 Å². The number of para-hydroxylation sites is 1. The quantitative estimate of drug-likeness (QED) is 0.827. The van der Waals surface area contributed by atoms with E-state index in [0.29, 0.717) is 5.41 Å². The van der Waals surface area contributed by atoms with E-state index in [9.17, 15) is 0 Å². The van der Waals surface area contributed by atoms with Crippen molar-refractivity contribution in [3.8, 4) is 0 Å². The Kier molecular flexibility index (Phi) is 2.99. The highest BCUT2D eigenvalue weighted by molar-refractivity contribution is 5.81. The zero-order valence-electron chi connectivity index (χ0n) is 10.4. The van der Waals surface area contributed by atoms with Gasteiger partial charge in [-0.05, 0) is 30.7 Å². The van der Waals surface area contributed by atoms with Crippen LogP contribution in [0, 0.1) is 5.41 Å². The van der Waals surface area contributed by atoms with Gasteiger partial charge in [-0.2, -0.15) is 5.10 Å². The lowest BCUT2D eigenvalue weighted by Crippen LogP contribution is -2.05. The standard InChI is InChI=1S/C14H20N2/c1-14(2,3)10-6-9-13-11-7-4-5-8-12(11)15-16-13/h4-5,7-8H,6,9-10H2,1-3H3,(H,15,16). The summed E-state index contributed by atoms with van der Waals surface area (Å²) >= 11 is 0. The summed E-state index contributed by atoms with van der Waals surface area (Å²) in [6, 6.07) is 8.30. The Morgan fingerprint density at radius 3 is 2.69 bits per heavy atom. The number of nitrogens with one attached hydrogen (secondary N) is 1. The van der Waals surface area contributed by atoms with E-state index in [1.54, 1.807) is 0 Å². The van der Waals surface area contributed by atoms with Gasteiger partial charge in [-0.1, -0.05) is 39.0 Å². The van der Waals surface area contributed by atoms with Crippen molar-refractivity contribution < 1.29 is 0 Å². The first-order valence-electron chi connectivity index (χ1n) is 5.98. The van der Waals surface area contributed by atoms with Crippen LogP contribution in [0.5, 0.6) is 0 Å². The smallest absolute Gasteiger partial charge is 0.0923 e. The third kappa shape index (κ3) is 2.63. The summed E-state index contributed by atoms with van der Waals surface area (Å²) < 4.78 is 0. The SMILES string of the molecule is CC(C)(C)CCCc1[nH]nc2ccccc12. The Labute approximate surface area is 97.1 Å². The molecule has 1 aromatic carbocycles. The number of fused-ring (bicyclic) bond motifs is 1. The maximum absolute atomic E-state index is 4.31. The topological polar surface area (TPSA) is 28.7 Å². The third-order valence-corrected chi connectivity index (χ3v) is 2.89. The maximum atomic E-state index is 4.31. The highest BCUT2D eigenvalue weighted by Gasteiger charge is 2.10. The first kappa shape index (κ1) is 11.2. The summed E-state index contributed by atoms with van der Waals surface area (Å²) in [6.07, 6.45) is 3.56. The first-order valence-corrected chi connectivity index (χ1v) is 5.98. The molecule has 1 aromatic heterocycles. The van der Waals surface area contributed by atoms with Crippen LogP contribution in [0.15, 0.2) is 24.3 Å². The van der Waals surface area contributed by atoms with Gasteiger partial charge in [0.2, 0.25) is 0 Å². The van der Waals surface area contributed by atoms with Crippen LogP contribution in [0.2, 0.25) is 0 Å². The zero-order valence-corrected chi connectivity index (χ0v) is 10.4. The minimum atomic E-state index is 0.426. The number of hydrogen-bond acceptors (Lipinski definition) is 1. The van der Waals surface area contributed by atoms with Crippen molar-refractivity contribution in [2.24, 2.45) is 5.41 Å². The Balaban J connectivity index is 2.05. The molecule has 0 unspecified atom stereocenters. The van der Waals surface area contributed by atoms with Crippen LogP contribution < -0.4 is 0 Å². The molecule has 0 saturated heterocycles. The van der Waals surface area contributed by atoms with E-state index < -0.39 is 0 Å². The fraction of sp³-hybridized carbons (Fsp3) is 0.500. The minimum Gasteiger partial charge on any atom is -0.281 e. The molecule has 2 heteroatoms. The van der Waals surface area contributed by atoms with E-state index >= 15 is 0 Å². The zero-order chi connectivity index (χ0) is 11.6. The number of aromatic amines is 1. The lowest BCUT2D eigenvalue weighted by Gasteiger charge is -2.17. The van der Waals surface area contributed by atoms with Crippen molar-refractivity contribution in [2.45, 2.75) is 40.0 Å². The van der Waals surface area contributed by atoms with Gasteiger partial charge in [-0.3, -0.25) is 5.10 Å². The fourth-order valence-electron chi connectivity index (χ4n) is 2.00.